The molecule has 0 bridgehead atoms. The maximum atomic E-state index is 5.62. The van der Waals surface area contributed by atoms with Crippen LogP contribution < -0.4 is 15.2 Å². The summed E-state index contributed by atoms with van der Waals surface area (Å²) in [4.78, 5) is 0. The normalized spacial score (nSPS) is 14.1. The van der Waals surface area contributed by atoms with E-state index in [-0.39, 0.29) is 0 Å². The summed E-state index contributed by atoms with van der Waals surface area (Å²) in [6.07, 6.45) is 1.04. The van der Waals surface area contributed by atoms with Crippen LogP contribution in [0.2, 0.25) is 0 Å². The van der Waals surface area contributed by atoms with E-state index in [1.807, 2.05) is 13.0 Å². The van der Waals surface area contributed by atoms with Crippen molar-refractivity contribution < 1.29 is 9.47 Å². The maximum Gasteiger partial charge on any atom is 0.161 e. The molecule has 3 nitrogen and oxygen atoms in total. The first-order chi connectivity index (χ1) is 8.63. The lowest BCUT2D eigenvalue weighted by molar-refractivity contribution is 0.310. The Morgan fingerprint density at radius 1 is 1.22 bits per heavy atom. The molecule has 2 atom stereocenters. The molecule has 0 saturated heterocycles. The summed E-state index contributed by atoms with van der Waals surface area (Å²) in [6, 6.07) is 6.18. The van der Waals surface area contributed by atoms with Gasteiger partial charge in [-0.3, -0.25) is 0 Å². The highest BCUT2D eigenvalue weighted by Crippen LogP contribution is 2.34. The van der Waals surface area contributed by atoms with Gasteiger partial charge in [-0.15, -0.1) is 0 Å². The zero-order valence-corrected chi connectivity index (χ0v) is 11.9. The zero-order chi connectivity index (χ0) is 13.5. The minimum absolute atomic E-state index is 0.470. The minimum atomic E-state index is 0.470. The predicted molar refractivity (Wildman–Crippen MR) is 75.4 cm³/mol. The summed E-state index contributed by atoms with van der Waals surface area (Å²) in [6.45, 7) is 7.82. The van der Waals surface area contributed by atoms with Crippen molar-refractivity contribution in [2.75, 3.05) is 20.3 Å². The third-order valence-electron chi connectivity index (χ3n) is 3.49. The molecule has 0 aromatic heterocycles. The summed E-state index contributed by atoms with van der Waals surface area (Å²) < 4.78 is 10.9. The van der Waals surface area contributed by atoms with Gasteiger partial charge >= 0.3 is 0 Å². The number of nitrogens with two attached hydrogens (primary N) is 1. The van der Waals surface area contributed by atoms with Gasteiger partial charge in [-0.05, 0) is 49.4 Å². The maximum absolute atomic E-state index is 5.62. The van der Waals surface area contributed by atoms with Crippen LogP contribution in [0.3, 0.4) is 0 Å². The van der Waals surface area contributed by atoms with Gasteiger partial charge in [0.1, 0.15) is 0 Å². The summed E-state index contributed by atoms with van der Waals surface area (Å²) >= 11 is 0. The first kappa shape index (κ1) is 14.8. The second-order valence-corrected chi connectivity index (χ2v) is 4.69. The van der Waals surface area contributed by atoms with Gasteiger partial charge in [0.25, 0.3) is 0 Å². The van der Waals surface area contributed by atoms with E-state index in [0.29, 0.717) is 18.4 Å². The van der Waals surface area contributed by atoms with Crippen LogP contribution in [0.5, 0.6) is 11.5 Å². The van der Waals surface area contributed by atoms with E-state index in [1.165, 1.54) is 5.56 Å². The SMILES string of the molecule is CCOc1ccc(C(C)C(C)CCN)cc1OC. The van der Waals surface area contributed by atoms with E-state index in [9.17, 15) is 0 Å². The van der Waals surface area contributed by atoms with Crippen molar-refractivity contribution >= 4 is 0 Å². The quantitative estimate of drug-likeness (QED) is 0.809. The van der Waals surface area contributed by atoms with Crippen LogP contribution in [0.25, 0.3) is 0 Å². The lowest BCUT2D eigenvalue weighted by Crippen LogP contribution is -2.12. The summed E-state index contributed by atoms with van der Waals surface area (Å²) in [5.74, 6) is 2.65. The number of hydrogen-bond acceptors (Lipinski definition) is 3. The molecule has 102 valence electrons. The molecular formula is C15H25NO2. The highest BCUT2D eigenvalue weighted by Gasteiger charge is 2.15. The highest BCUT2D eigenvalue weighted by atomic mass is 16.5. The fourth-order valence-electron chi connectivity index (χ4n) is 2.08. The first-order valence-corrected chi connectivity index (χ1v) is 6.64. The lowest BCUT2D eigenvalue weighted by atomic mass is 9.86. The van der Waals surface area contributed by atoms with Gasteiger partial charge in [-0.2, -0.15) is 0 Å². The Bertz CT molecular complexity index is 366. The van der Waals surface area contributed by atoms with Gasteiger partial charge in [-0.25, -0.2) is 0 Å². The predicted octanol–water partition coefficient (Wildman–Crippen LogP) is 3.18. The lowest BCUT2D eigenvalue weighted by Gasteiger charge is -2.21. The van der Waals surface area contributed by atoms with Gasteiger partial charge in [0.05, 0.1) is 13.7 Å². The number of rotatable bonds is 7. The van der Waals surface area contributed by atoms with Crippen LogP contribution in [0, 0.1) is 5.92 Å². The second kappa shape index (κ2) is 7.27. The van der Waals surface area contributed by atoms with Gasteiger partial charge in [0.15, 0.2) is 11.5 Å². The minimum Gasteiger partial charge on any atom is -0.493 e. The number of hydrogen-bond donors (Lipinski definition) is 1. The number of benzene rings is 1. The van der Waals surface area contributed by atoms with E-state index in [2.05, 4.69) is 26.0 Å². The Labute approximate surface area is 110 Å². The standard InChI is InChI=1S/C15H25NO2/c1-5-18-14-7-6-13(10-15(14)17-4)12(3)11(2)8-9-16/h6-7,10-12H,5,8-9,16H2,1-4H3. The Kier molecular flexibility index (Phi) is 5.99. The van der Waals surface area contributed by atoms with Gasteiger partial charge in [0, 0.05) is 0 Å². The van der Waals surface area contributed by atoms with Crippen LogP contribution in [-0.2, 0) is 0 Å². The molecule has 2 unspecified atom stereocenters. The largest absolute Gasteiger partial charge is 0.493 e. The fourth-order valence-corrected chi connectivity index (χ4v) is 2.08. The average Bonchev–Trinajstić information content (AvgIpc) is 2.39. The van der Waals surface area contributed by atoms with Crippen molar-refractivity contribution in [3.8, 4) is 11.5 Å². The van der Waals surface area contributed by atoms with Crippen molar-refractivity contribution in [3.63, 3.8) is 0 Å². The van der Waals surface area contributed by atoms with Crippen LogP contribution in [0.1, 0.15) is 38.7 Å². The van der Waals surface area contributed by atoms with E-state index < -0.39 is 0 Å². The van der Waals surface area contributed by atoms with E-state index >= 15 is 0 Å². The Hall–Kier alpha value is -1.22. The van der Waals surface area contributed by atoms with Crippen molar-refractivity contribution in [2.24, 2.45) is 11.7 Å². The van der Waals surface area contributed by atoms with Crippen LogP contribution in [0.4, 0.5) is 0 Å². The zero-order valence-electron chi connectivity index (χ0n) is 11.9. The monoisotopic (exact) mass is 251 g/mol. The summed E-state index contributed by atoms with van der Waals surface area (Å²) in [5, 5.41) is 0. The number of methoxy groups -OCH3 is 1. The molecular weight excluding hydrogens is 226 g/mol. The van der Waals surface area contributed by atoms with Crippen LogP contribution in [-0.4, -0.2) is 20.3 Å². The molecule has 0 heterocycles. The Balaban J connectivity index is 2.90. The van der Waals surface area contributed by atoms with E-state index in [1.54, 1.807) is 7.11 Å². The Morgan fingerprint density at radius 2 is 1.94 bits per heavy atom. The molecule has 1 rings (SSSR count). The van der Waals surface area contributed by atoms with Gasteiger partial charge < -0.3 is 15.2 Å². The topological polar surface area (TPSA) is 44.5 Å². The van der Waals surface area contributed by atoms with Crippen LogP contribution >= 0.6 is 0 Å². The molecule has 0 fully saturated rings. The third-order valence-corrected chi connectivity index (χ3v) is 3.49. The molecule has 0 radical (unpaired) electrons. The third kappa shape index (κ3) is 3.64. The molecule has 0 spiro atoms. The molecule has 0 saturated carbocycles. The molecule has 18 heavy (non-hydrogen) atoms. The highest BCUT2D eigenvalue weighted by molar-refractivity contribution is 5.44. The molecule has 3 heteroatoms. The first-order valence-electron chi connectivity index (χ1n) is 6.64. The smallest absolute Gasteiger partial charge is 0.161 e. The van der Waals surface area contributed by atoms with E-state index in [4.69, 9.17) is 15.2 Å². The summed E-state index contributed by atoms with van der Waals surface area (Å²) in [5.41, 5.74) is 6.89. The molecule has 0 aliphatic heterocycles. The molecule has 0 aliphatic carbocycles. The van der Waals surface area contributed by atoms with Crippen molar-refractivity contribution in [2.45, 2.75) is 33.1 Å². The molecule has 2 N–H and O–H groups in total. The molecule has 0 amide bonds. The molecule has 1 aromatic carbocycles. The van der Waals surface area contributed by atoms with Crippen molar-refractivity contribution in [1.82, 2.24) is 0 Å². The molecule has 0 aliphatic rings. The molecule has 1 aromatic rings. The van der Waals surface area contributed by atoms with Gasteiger partial charge in [-0.1, -0.05) is 19.9 Å². The summed E-state index contributed by atoms with van der Waals surface area (Å²) in [7, 11) is 1.68. The Morgan fingerprint density at radius 3 is 2.50 bits per heavy atom. The second-order valence-electron chi connectivity index (χ2n) is 4.69. The fraction of sp³-hybridized carbons (Fsp3) is 0.600. The average molecular weight is 251 g/mol. The van der Waals surface area contributed by atoms with Crippen LogP contribution in [0.15, 0.2) is 18.2 Å². The van der Waals surface area contributed by atoms with Gasteiger partial charge in [0.2, 0.25) is 0 Å². The number of ether oxygens (including phenoxy) is 2. The van der Waals surface area contributed by atoms with Crippen molar-refractivity contribution in [1.29, 1.82) is 0 Å². The van der Waals surface area contributed by atoms with E-state index in [0.717, 1.165) is 24.5 Å². The van der Waals surface area contributed by atoms with Crippen molar-refractivity contribution in [3.05, 3.63) is 23.8 Å².